The van der Waals surface area contributed by atoms with Gasteiger partial charge in [-0.25, -0.2) is 0 Å². The largest absolute Gasteiger partial charge is 0.408 e. The van der Waals surface area contributed by atoms with Crippen LogP contribution in [0.5, 0.6) is 0 Å². The van der Waals surface area contributed by atoms with Gasteiger partial charge in [0.1, 0.15) is 6.54 Å². The Labute approximate surface area is 141 Å². The number of H-pyrrole nitrogens is 1. The lowest BCUT2D eigenvalue weighted by atomic mass is 10.1. The normalized spacial score (nSPS) is 11.9. The van der Waals surface area contributed by atoms with Crippen molar-refractivity contribution in [2.75, 3.05) is 0 Å². The van der Waals surface area contributed by atoms with E-state index in [2.05, 4.69) is 15.4 Å². The van der Waals surface area contributed by atoms with Crippen LogP contribution in [-0.4, -0.2) is 26.8 Å². The molecule has 0 aliphatic carbocycles. The van der Waals surface area contributed by atoms with Gasteiger partial charge in [-0.05, 0) is 37.1 Å². The summed E-state index contributed by atoms with van der Waals surface area (Å²) in [6.45, 7) is 3.08. The summed E-state index contributed by atoms with van der Waals surface area (Å²) in [6.07, 6.45) is -2.16. The van der Waals surface area contributed by atoms with Crippen LogP contribution in [0.25, 0.3) is 10.9 Å². The Hall–Kier alpha value is -2.77. The summed E-state index contributed by atoms with van der Waals surface area (Å²) in [7, 11) is 0. The van der Waals surface area contributed by atoms with Gasteiger partial charge in [-0.15, -0.1) is 0 Å². The molecule has 3 rings (SSSR count). The zero-order valence-electron chi connectivity index (χ0n) is 13.7. The van der Waals surface area contributed by atoms with E-state index in [1.165, 1.54) is 0 Å². The first kappa shape index (κ1) is 17.1. The Morgan fingerprint density at radius 3 is 2.80 bits per heavy atom. The molecule has 0 aliphatic heterocycles. The quantitative estimate of drug-likeness (QED) is 0.757. The highest BCUT2D eigenvalue weighted by molar-refractivity contribution is 5.93. The maximum Gasteiger partial charge on any atom is 0.408 e. The number of nitrogens with one attached hydrogen (secondary N) is 2. The lowest BCUT2D eigenvalue weighted by Gasteiger charge is -2.06. The van der Waals surface area contributed by atoms with Crippen LogP contribution in [0.1, 0.15) is 27.2 Å². The Kier molecular flexibility index (Phi) is 4.28. The van der Waals surface area contributed by atoms with E-state index >= 15 is 0 Å². The number of aromatic amines is 1. The lowest BCUT2D eigenvalue weighted by molar-refractivity contribution is -0.142. The van der Waals surface area contributed by atoms with E-state index in [4.69, 9.17) is 0 Å². The topological polar surface area (TPSA) is 62.7 Å². The third-order valence-corrected chi connectivity index (χ3v) is 4.06. The third kappa shape index (κ3) is 3.84. The fraction of sp³-hybridized carbons (Fsp3) is 0.294. The first-order valence-electron chi connectivity index (χ1n) is 7.68. The minimum absolute atomic E-state index is 0.0963. The average Bonchev–Trinajstić information content (AvgIpc) is 3.09. The zero-order chi connectivity index (χ0) is 18.2. The van der Waals surface area contributed by atoms with Crippen molar-refractivity contribution in [3.8, 4) is 0 Å². The average molecular weight is 350 g/mol. The van der Waals surface area contributed by atoms with Crippen LogP contribution in [0, 0.1) is 13.8 Å². The third-order valence-electron chi connectivity index (χ3n) is 4.06. The van der Waals surface area contributed by atoms with Gasteiger partial charge in [0.05, 0.1) is 11.8 Å². The Morgan fingerprint density at radius 2 is 2.08 bits per heavy atom. The summed E-state index contributed by atoms with van der Waals surface area (Å²) in [6, 6.07) is 5.82. The van der Waals surface area contributed by atoms with Gasteiger partial charge in [0.15, 0.2) is 0 Å². The summed E-state index contributed by atoms with van der Waals surface area (Å²) in [4.78, 5) is 15.4. The molecule has 0 saturated heterocycles. The number of halogens is 3. The molecule has 2 heterocycles. The highest BCUT2D eigenvalue weighted by Gasteiger charge is 2.28. The molecule has 3 aromatic rings. The van der Waals surface area contributed by atoms with Crippen LogP contribution < -0.4 is 5.32 Å². The molecule has 2 aromatic heterocycles. The van der Waals surface area contributed by atoms with Gasteiger partial charge in [0.25, 0.3) is 5.91 Å². The van der Waals surface area contributed by atoms with Gasteiger partial charge in [0.2, 0.25) is 0 Å². The van der Waals surface area contributed by atoms with Crippen LogP contribution in [0.2, 0.25) is 0 Å². The van der Waals surface area contributed by atoms with E-state index in [0.717, 1.165) is 40.1 Å². The molecule has 0 bridgehead atoms. The van der Waals surface area contributed by atoms with Crippen molar-refractivity contribution in [2.24, 2.45) is 0 Å². The van der Waals surface area contributed by atoms with E-state index in [9.17, 15) is 18.0 Å². The number of rotatable bonds is 4. The highest BCUT2D eigenvalue weighted by atomic mass is 19.4. The first-order valence-corrected chi connectivity index (χ1v) is 7.68. The minimum Gasteiger partial charge on any atom is -0.358 e. The number of alkyl halides is 3. The monoisotopic (exact) mass is 350 g/mol. The maximum atomic E-state index is 12.3. The van der Waals surface area contributed by atoms with Crippen molar-refractivity contribution in [2.45, 2.75) is 33.1 Å². The molecule has 0 radical (unpaired) electrons. The number of nitrogens with zero attached hydrogens (tertiary/aromatic N) is 2. The Bertz CT molecular complexity index is 924. The van der Waals surface area contributed by atoms with Crippen LogP contribution in [-0.2, 0) is 13.1 Å². The molecule has 132 valence electrons. The molecule has 0 unspecified atom stereocenters. The summed E-state index contributed by atoms with van der Waals surface area (Å²) in [5, 5.41) is 7.35. The minimum atomic E-state index is -4.37. The SMILES string of the molecule is Cc1[nH]c2ccc(CNC(=O)c3cnn(CC(F)(F)F)c3)cc2c1C. The van der Waals surface area contributed by atoms with E-state index in [1.807, 2.05) is 32.0 Å². The molecule has 0 spiro atoms. The highest BCUT2D eigenvalue weighted by Crippen LogP contribution is 2.22. The Morgan fingerprint density at radius 1 is 1.32 bits per heavy atom. The smallest absolute Gasteiger partial charge is 0.358 e. The van der Waals surface area contributed by atoms with Crippen LogP contribution in [0.3, 0.4) is 0 Å². The molecular weight excluding hydrogens is 333 g/mol. The molecule has 5 nitrogen and oxygen atoms in total. The first-order chi connectivity index (χ1) is 11.7. The zero-order valence-corrected chi connectivity index (χ0v) is 13.7. The van der Waals surface area contributed by atoms with Crippen molar-refractivity contribution in [1.82, 2.24) is 20.1 Å². The molecule has 0 atom stereocenters. The van der Waals surface area contributed by atoms with Crippen molar-refractivity contribution in [3.63, 3.8) is 0 Å². The summed E-state index contributed by atoms with van der Waals surface area (Å²) < 4.78 is 37.7. The molecule has 1 aromatic carbocycles. The molecule has 8 heteroatoms. The van der Waals surface area contributed by atoms with E-state index < -0.39 is 18.6 Å². The predicted molar refractivity (Wildman–Crippen MR) is 87.2 cm³/mol. The molecule has 2 N–H and O–H groups in total. The second-order valence-corrected chi connectivity index (χ2v) is 5.98. The van der Waals surface area contributed by atoms with Crippen LogP contribution in [0.4, 0.5) is 13.2 Å². The van der Waals surface area contributed by atoms with Crippen molar-refractivity contribution < 1.29 is 18.0 Å². The van der Waals surface area contributed by atoms with Crippen molar-refractivity contribution in [1.29, 1.82) is 0 Å². The number of carbonyl (C=O) groups excluding carboxylic acids is 1. The van der Waals surface area contributed by atoms with Gasteiger partial charge in [0, 0.05) is 29.3 Å². The molecule has 0 fully saturated rings. The number of benzene rings is 1. The van der Waals surface area contributed by atoms with Gasteiger partial charge in [-0.1, -0.05) is 6.07 Å². The second-order valence-electron chi connectivity index (χ2n) is 5.98. The van der Waals surface area contributed by atoms with E-state index in [1.54, 1.807) is 0 Å². The molecular formula is C17H17F3N4O. The van der Waals surface area contributed by atoms with Gasteiger partial charge in [-0.3, -0.25) is 9.48 Å². The van der Waals surface area contributed by atoms with Gasteiger partial charge < -0.3 is 10.3 Å². The number of fused-ring (bicyclic) bond motifs is 1. The molecule has 0 saturated carbocycles. The van der Waals surface area contributed by atoms with Crippen LogP contribution >= 0.6 is 0 Å². The number of hydrogen-bond donors (Lipinski definition) is 2. The van der Waals surface area contributed by atoms with Crippen molar-refractivity contribution in [3.05, 3.63) is 53.0 Å². The summed E-state index contributed by atoms with van der Waals surface area (Å²) in [5.41, 5.74) is 4.27. The summed E-state index contributed by atoms with van der Waals surface area (Å²) in [5.74, 6) is -0.463. The second kappa shape index (κ2) is 6.27. The van der Waals surface area contributed by atoms with E-state index in [0.29, 0.717) is 4.68 Å². The fourth-order valence-electron chi connectivity index (χ4n) is 2.65. The fourth-order valence-corrected chi connectivity index (χ4v) is 2.65. The number of aromatic nitrogens is 3. The Balaban J connectivity index is 1.67. The van der Waals surface area contributed by atoms with Gasteiger partial charge in [-0.2, -0.15) is 18.3 Å². The maximum absolute atomic E-state index is 12.3. The van der Waals surface area contributed by atoms with Crippen molar-refractivity contribution >= 4 is 16.8 Å². The molecule has 0 aliphatic rings. The number of amides is 1. The number of carbonyl (C=O) groups is 1. The summed E-state index contributed by atoms with van der Waals surface area (Å²) >= 11 is 0. The number of hydrogen-bond acceptors (Lipinski definition) is 2. The molecule has 25 heavy (non-hydrogen) atoms. The standard InChI is InChI=1S/C17H17F3N4O/c1-10-11(2)23-15-4-3-12(5-14(10)15)6-21-16(25)13-7-22-24(8-13)9-17(18,19)20/h3-5,7-8,23H,6,9H2,1-2H3,(H,21,25). The predicted octanol–water partition coefficient (Wildman–Crippen LogP) is 3.47. The lowest BCUT2D eigenvalue weighted by Crippen LogP contribution is -2.22. The van der Waals surface area contributed by atoms with Gasteiger partial charge >= 0.3 is 6.18 Å². The van der Waals surface area contributed by atoms with E-state index in [-0.39, 0.29) is 12.1 Å². The number of aryl methyl sites for hydroxylation is 2. The molecule has 1 amide bonds. The van der Waals surface area contributed by atoms with Crippen LogP contribution in [0.15, 0.2) is 30.6 Å².